The van der Waals surface area contributed by atoms with E-state index in [1.165, 1.54) is 128 Å². The monoisotopic (exact) mass is 1580 g/mol. The number of furan rings is 1. The van der Waals surface area contributed by atoms with Gasteiger partial charge in [0.05, 0.1) is 33.2 Å². The Hall–Kier alpha value is -15.8. The van der Waals surface area contributed by atoms with Crippen LogP contribution in [0.25, 0.3) is 138 Å². The molecule has 2 spiro atoms. The van der Waals surface area contributed by atoms with E-state index in [0.717, 1.165) is 112 Å². The molecule has 3 heterocycles. The van der Waals surface area contributed by atoms with Crippen LogP contribution in [0.15, 0.2) is 435 Å². The average Bonchev–Trinajstić information content (AvgIpc) is 1.50. The standard InChI is InChI=1S/C119H77N3O2/c1-117(2)97-69-57-79(71-95(97)89-68-67-85(73-106(89)117)121(83-65-55-78(56-66-83)86-33-22-34-92-91-30-11-19-46-111(91)124-116(86)92)110-45-23-41-104-114(110)93-31-8-14-37-100(93)118(104)98-35-12-6-27-87(98)88-28-7-13-36-99(88)118)80-58-70-108-96(72-80)90-29-10-18-43-107(90)122(108)84-63-53-77(54-64-84)76-51-61-82(62-52-76)120(81-59-49-75(50-60-81)74-25-4-3-5-26-74)109-44-24-42-105-115(109)94-32-9-15-38-101(94)119(105)102-39-16-20-47-112(102)123-113-48-21-17-40-103(113)119/h3-73H,1-2H3. The van der Waals surface area contributed by atoms with Gasteiger partial charge in [0, 0.05) is 83.2 Å². The molecule has 5 heteroatoms. The number of nitrogens with zero attached hydrogens (tertiary/aromatic N) is 3. The van der Waals surface area contributed by atoms with Crippen molar-refractivity contribution < 1.29 is 9.15 Å². The van der Waals surface area contributed by atoms with Crippen LogP contribution in [0.1, 0.15) is 69.5 Å². The summed E-state index contributed by atoms with van der Waals surface area (Å²) in [5, 5.41) is 4.67. The molecule has 124 heavy (non-hydrogen) atoms. The Kier molecular flexibility index (Phi) is 15.0. The van der Waals surface area contributed by atoms with Crippen LogP contribution in [0.4, 0.5) is 34.1 Å². The Morgan fingerprint density at radius 2 is 0.645 bits per heavy atom. The summed E-state index contributed by atoms with van der Waals surface area (Å²) >= 11 is 0. The van der Waals surface area contributed by atoms with E-state index in [1.807, 2.05) is 6.07 Å². The highest BCUT2D eigenvalue weighted by atomic mass is 16.5. The van der Waals surface area contributed by atoms with Gasteiger partial charge in [-0.25, -0.2) is 0 Å². The molecule has 2 aromatic heterocycles. The second-order valence-corrected chi connectivity index (χ2v) is 34.4. The Labute approximate surface area is 719 Å². The number of benzene rings is 19. The molecular formula is C119H77N3O2. The summed E-state index contributed by atoms with van der Waals surface area (Å²) in [6.45, 7) is 4.82. The van der Waals surface area contributed by atoms with Gasteiger partial charge in [-0.15, -0.1) is 0 Å². The number of aromatic nitrogens is 1. The van der Waals surface area contributed by atoms with E-state index in [2.05, 4.69) is 453 Å². The van der Waals surface area contributed by atoms with Gasteiger partial charge in [-0.2, -0.15) is 0 Å². The largest absolute Gasteiger partial charge is 0.457 e. The van der Waals surface area contributed by atoms with Crippen LogP contribution in [0.3, 0.4) is 0 Å². The molecule has 1 aliphatic heterocycles. The van der Waals surface area contributed by atoms with Crippen LogP contribution >= 0.6 is 0 Å². The van der Waals surface area contributed by atoms with Crippen molar-refractivity contribution >= 4 is 77.9 Å². The summed E-state index contributed by atoms with van der Waals surface area (Å²) in [6.07, 6.45) is 0. The van der Waals surface area contributed by atoms with Gasteiger partial charge in [-0.1, -0.05) is 329 Å². The van der Waals surface area contributed by atoms with Gasteiger partial charge in [-0.3, -0.25) is 0 Å². The van der Waals surface area contributed by atoms with Gasteiger partial charge in [0.15, 0.2) is 0 Å². The minimum absolute atomic E-state index is 0.323. The smallest absolute Gasteiger partial charge is 0.143 e. The van der Waals surface area contributed by atoms with Crippen molar-refractivity contribution in [2.24, 2.45) is 0 Å². The quantitative estimate of drug-likeness (QED) is 0.129. The zero-order chi connectivity index (χ0) is 81.7. The van der Waals surface area contributed by atoms with Crippen molar-refractivity contribution in [3.63, 3.8) is 0 Å². The molecule has 0 atom stereocenters. The van der Waals surface area contributed by atoms with Crippen molar-refractivity contribution in [3.8, 4) is 106 Å². The lowest BCUT2D eigenvalue weighted by molar-refractivity contribution is 0.436. The minimum Gasteiger partial charge on any atom is -0.457 e. The maximum absolute atomic E-state index is 6.76. The SMILES string of the molecule is CC1(C)c2ccc(-c3ccc4c(c3)c3ccccc3n4-c3ccc(-c4ccc(N(c5ccc(-c6ccccc6)cc5)c5cccc6c5-c5ccccc5C65c6ccccc6Oc6ccccc65)cc4)cc3)cc2-c2ccc(N(c3ccc(-c4cccc5c4oc4ccccc45)cc3)c3cccc4c3-c3ccccc3C43c4ccccc4-c4ccccc43)cc21. The second kappa shape index (κ2) is 26.6. The molecule has 0 N–H and O–H groups in total. The Bertz CT molecular complexity index is 7950. The fraction of sp³-hybridized carbons (Fsp3) is 0.0420. The van der Waals surface area contributed by atoms with Gasteiger partial charge in [-0.05, 0) is 232 Å². The Balaban J connectivity index is 0.548. The molecule has 5 nitrogen and oxygen atoms in total. The predicted octanol–water partition coefficient (Wildman–Crippen LogP) is 31.4. The first-order chi connectivity index (χ1) is 61.2. The first kappa shape index (κ1) is 70.1. The van der Waals surface area contributed by atoms with Gasteiger partial charge >= 0.3 is 0 Å². The van der Waals surface area contributed by atoms with E-state index in [9.17, 15) is 0 Å². The molecule has 21 aromatic rings. The van der Waals surface area contributed by atoms with Gasteiger partial charge in [0.25, 0.3) is 0 Å². The highest BCUT2D eigenvalue weighted by Crippen LogP contribution is 2.67. The van der Waals surface area contributed by atoms with Crippen molar-refractivity contribution in [2.75, 3.05) is 9.80 Å². The predicted molar refractivity (Wildman–Crippen MR) is 510 cm³/mol. The van der Waals surface area contributed by atoms with E-state index in [0.29, 0.717) is 0 Å². The van der Waals surface area contributed by atoms with Crippen LogP contribution in [0.5, 0.6) is 11.5 Å². The number of hydrogen-bond donors (Lipinski definition) is 0. The average molecular weight is 1580 g/mol. The lowest BCUT2D eigenvalue weighted by Crippen LogP contribution is -2.32. The van der Waals surface area contributed by atoms with Gasteiger partial charge < -0.3 is 23.5 Å². The summed E-state index contributed by atoms with van der Waals surface area (Å²) < 4.78 is 15.9. The van der Waals surface area contributed by atoms with Crippen molar-refractivity contribution in [1.29, 1.82) is 0 Å². The maximum Gasteiger partial charge on any atom is 0.143 e. The number of rotatable bonds is 11. The summed E-state index contributed by atoms with van der Waals surface area (Å²) in [5.41, 5.74) is 42.2. The van der Waals surface area contributed by atoms with Crippen LogP contribution < -0.4 is 14.5 Å². The highest BCUT2D eigenvalue weighted by molar-refractivity contribution is 6.12. The lowest BCUT2D eigenvalue weighted by atomic mass is 9.66. The van der Waals surface area contributed by atoms with Crippen molar-refractivity contribution in [1.82, 2.24) is 4.57 Å². The number of anilines is 6. The third-order valence-corrected chi connectivity index (χ3v) is 27.9. The fourth-order valence-electron chi connectivity index (χ4n) is 22.5. The van der Waals surface area contributed by atoms with E-state index in [-0.39, 0.29) is 5.41 Å². The van der Waals surface area contributed by atoms with E-state index < -0.39 is 10.8 Å². The van der Waals surface area contributed by atoms with Crippen LogP contribution in [0, 0.1) is 0 Å². The van der Waals surface area contributed by atoms with E-state index in [4.69, 9.17) is 9.15 Å². The summed E-state index contributed by atoms with van der Waals surface area (Å²) in [4.78, 5) is 4.99. The minimum atomic E-state index is -0.610. The fourth-order valence-corrected chi connectivity index (χ4v) is 22.5. The molecule has 0 amide bonds. The Morgan fingerprint density at radius 3 is 1.26 bits per heavy atom. The normalized spacial score (nSPS) is 13.8. The summed E-state index contributed by atoms with van der Waals surface area (Å²) in [7, 11) is 0. The lowest BCUT2D eigenvalue weighted by Gasteiger charge is -2.39. The maximum atomic E-state index is 6.76. The zero-order valence-electron chi connectivity index (χ0n) is 68.2. The summed E-state index contributed by atoms with van der Waals surface area (Å²) in [5.74, 6) is 1.76. The molecule has 0 unspecified atom stereocenters. The molecule has 0 saturated carbocycles. The van der Waals surface area contributed by atoms with E-state index in [1.54, 1.807) is 0 Å². The molecule has 19 aromatic carbocycles. The van der Waals surface area contributed by atoms with Crippen LogP contribution in [0.2, 0.25) is 0 Å². The first-order valence-corrected chi connectivity index (χ1v) is 43.1. The van der Waals surface area contributed by atoms with E-state index >= 15 is 0 Å². The van der Waals surface area contributed by atoms with Crippen molar-refractivity contribution in [2.45, 2.75) is 30.1 Å². The Morgan fingerprint density at radius 1 is 0.234 bits per heavy atom. The molecular weight excluding hydrogens is 1500 g/mol. The highest BCUT2D eigenvalue weighted by Gasteiger charge is 2.54. The third-order valence-electron chi connectivity index (χ3n) is 27.9. The number of hydrogen-bond acceptors (Lipinski definition) is 4. The first-order valence-electron chi connectivity index (χ1n) is 43.1. The zero-order valence-corrected chi connectivity index (χ0v) is 68.2. The molecule has 4 aliphatic carbocycles. The molecule has 580 valence electrons. The third kappa shape index (κ3) is 9.86. The number of ether oxygens (including phenoxy) is 1. The van der Waals surface area contributed by atoms with Crippen molar-refractivity contribution in [3.05, 3.63) is 486 Å². The summed E-state index contributed by atoms with van der Waals surface area (Å²) in [6, 6.07) is 160. The second-order valence-electron chi connectivity index (χ2n) is 34.4. The molecule has 0 saturated heterocycles. The molecule has 0 fully saturated rings. The van der Waals surface area contributed by atoms with Gasteiger partial charge in [0.1, 0.15) is 22.7 Å². The van der Waals surface area contributed by atoms with Crippen LogP contribution in [-0.4, -0.2) is 4.57 Å². The molecule has 5 aliphatic rings. The molecule has 0 radical (unpaired) electrons. The molecule has 26 rings (SSSR count). The number of para-hydroxylation sites is 5. The molecule has 0 bridgehead atoms. The topological polar surface area (TPSA) is 33.8 Å². The van der Waals surface area contributed by atoms with Gasteiger partial charge in [0.2, 0.25) is 0 Å². The van der Waals surface area contributed by atoms with Crippen LogP contribution in [-0.2, 0) is 16.2 Å². The number of fused-ring (bicyclic) bond motifs is 28.